The normalized spacial score (nSPS) is 13.6. The van der Waals surface area contributed by atoms with E-state index in [0.29, 0.717) is 25.3 Å². The van der Waals surface area contributed by atoms with Gasteiger partial charge in [0, 0.05) is 55.4 Å². The fraction of sp³-hybridized carbons (Fsp3) is 0.296. The van der Waals surface area contributed by atoms with E-state index in [1.165, 1.54) is 10.9 Å². The second-order valence-electron chi connectivity index (χ2n) is 8.59. The summed E-state index contributed by atoms with van der Waals surface area (Å²) in [6.07, 6.45) is 2.72. The standard InChI is InChI=1S/C27H29N5O2/c1-3-28-27(33)26-23-18-31(17-20-11-13-29-24-10-5-4-9-22(20)24)14-12-25(23)32(30-26)16-19-7-6-8-21(15-19)34-2/h4-11,13,15H,3,12,14,16-18H2,1-2H3,(H,28,33). The maximum Gasteiger partial charge on any atom is 0.272 e. The molecule has 1 aliphatic rings. The summed E-state index contributed by atoms with van der Waals surface area (Å²) in [5, 5.41) is 8.89. The monoisotopic (exact) mass is 455 g/mol. The number of nitrogens with one attached hydrogen (secondary N) is 1. The van der Waals surface area contributed by atoms with Crippen molar-refractivity contribution >= 4 is 16.8 Å². The zero-order valence-corrected chi connectivity index (χ0v) is 19.6. The third-order valence-corrected chi connectivity index (χ3v) is 6.37. The lowest BCUT2D eigenvalue weighted by atomic mass is 10.0. The van der Waals surface area contributed by atoms with E-state index in [-0.39, 0.29) is 5.91 Å². The van der Waals surface area contributed by atoms with Gasteiger partial charge < -0.3 is 10.1 Å². The van der Waals surface area contributed by atoms with E-state index in [1.54, 1.807) is 7.11 Å². The van der Waals surface area contributed by atoms with Gasteiger partial charge in [0.2, 0.25) is 0 Å². The van der Waals surface area contributed by atoms with Crippen molar-refractivity contribution in [1.29, 1.82) is 0 Å². The smallest absolute Gasteiger partial charge is 0.272 e. The van der Waals surface area contributed by atoms with Crippen molar-refractivity contribution in [3.8, 4) is 5.75 Å². The minimum Gasteiger partial charge on any atom is -0.497 e. The summed E-state index contributed by atoms with van der Waals surface area (Å²) in [5.41, 5.74) is 6.05. The average Bonchev–Trinajstić information content (AvgIpc) is 3.22. The van der Waals surface area contributed by atoms with Crippen LogP contribution >= 0.6 is 0 Å². The third kappa shape index (κ3) is 4.39. The Bertz CT molecular complexity index is 1320. The predicted molar refractivity (Wildman–Crippen MR) is 132 cm³/mol. The molecule has 7 heteroatoms. The Balaban J connectivity index is 1.44. The Morgan fingerprint density at radius 2 is 2.00 bits per heavy atom. The molecule has 2 aromatic heterocycles. The number of benzene rings is 2. The number of hydrogen-bond acceptors (Lipinski definition) is 5. The molecule has 7 nitrogen and oxygen atoms in total. The number of pyridine rings is 1. The molecule has 0 atom stereocenters. The van der Waals surface area contributed by atoms with E-state index in [4.69, 9.17) is 9.84 Å². The van der Waals surface area contributed by atoms with Crippen LogP contribution in [0.5, 0.6) is 5.75 Å². The molecule has 174 valence electrons. The Morgan fingerprint density at radius 1 is 1.12 bits per heavy atom. The number of methoxy groups -OCH3 is 1. The van der Waals surface area contributed by atoms with Gasteiger partial charge in [-0.2, -0.15) is 5.10 Å². The molecule has 1 amide bonds. The van der Waals surface area contributed by atoms with Crippen LogP contribution in [0.3, 0.4) is 0 Å². The van der Waals surface area contributed by atoms with Gasteiger partial charge in [0.25, 0.3) is 5.91 Å². The van der Waals surface area contributed by atoms with Crippen LogP contribution in [0.4, 0.5) is 0 Å². The average molecular weight is 456 g/mol. The maximum atomic E-state index is 12.9. The summed E-state index contributed by atoms with van der Waals surface area (Å²) >= 11 is 0. The van der Waals surface area contributed by atoms with Gasteiger partial charge >= 0.3 is 0 Å². The Morgan fingerprint density at radius 3 is 2.85 bits per heavy atom. The van der Waals surface area contributed by atoms with Crippen LogP contribution in [0.15, 0.2) is 60.8 Å². The van der Waals surface area contributed by atoms with E-state index in [1.807, 2.05) is 48.1 Å². The number of carbonyl (C=O) groups is 1. The molecule has 1 N–H and O–H groups in total. The molecule has 1 aliphatic heterocycles. The molecule has 0 radical (unpaired) electrons. The topological polar surface area (TPSA) is 72.3 Å². The number of rotatable bonds is 7. The van der Waals surface area contributed by atoms with Gasteiger partial charge in [-0.3, -0.25) is 19.4 Å². The number of ether oxygens (including phenoxy) is 1. The summed E-state index contributed by atoms with van der Waals surface area (Å²) in [6.45, 7) is 5.51. The number of amides is 1. The molecule has 0 spiro atoms. The second-order valence-corrected chi connectivity index (χ2v) is 8.59. The highest BCUT2D eigenvalue weighted by Crippen LogP contribution is 2.27. The summed E-state index contributed by atoms with van der Waals surface area (Å²) in [4.78, 5) is 19.8. The number of hydrogen-bond donors (Lipinski definition) is 1. The first-order valence-electron chi connectivity index (χ1n) is 11.7. The summed E-state index contributed by atoms with van der Waals surface area (Å²) in [6, 6.07) is 18.3. The van der Waals surface area contributed by atoms with Crippen LogP contribution in [-0.4, -0.2) is 45.8 Å². The molecular formula is C27H29N5O2. The first-order valence-corrected chi connectivity index (χ1v) is 11.7. The number of para-hydroxylation sites is 1. The van der Waals surface area contributed by atoms with Gasteiger partial charge in [-0.25, -0.2) is 0 Å². The molecular weight excluding hydrogens is 426 g/mol. The van der Waals surface area contributed by atoms with Gasteiger partial charge in [-0.05, 0) is 42.3 Å². The molecule has 0 saturated heterocycles. The van der Waals surface area contributed by atoms with Crippen LogP contribution < -0.4 is 10.1 Å². The van der Waals surface area contributed by atoms with Crippen molar-refractivity contribution in [1.82, 2.24) is 25.0 Å². The first-order chi connectivity index (χ1) is 16.7. The summed E-state index contributed by atoms with van der Waals surface area (Å²) in [5.74, 6) is 0.706. The largest absolute Gasteiger partial charge is 0.497 e. The van der Waals surface area contributed by atoms with Crippen molar-refractivity contribution < 1.29 is 9.53 Å². The van der Waals surface area contributed by atoms with Crippen molar-refractivity contribution in [3.63, 3.8) is 0 Å². The zero-order chi connectivity index (χ0) is 23.5. The molecule has 0 bridgehead atoms. The molecule has 4 aromatic rings. The molecule has 0 fully saturated rings. The van der Waals surface area contributed by atoms with E-state index < -0.39 is 0 Å². The predicted octanol–water partition coefficient (Wildman–Crippen LogP) is 3.80. The summed E-state index contributed by atoms with van der Waals surface area (Å²) in [7, 11) is 1.67. The Labute approximate surface area is 199 Å². The Kier molecular flexibility index (Phi) is 6.27. The van der Waals surface area contributed by atoms with Gasteiger partial charge in [0.15, 0.2) is 5.69 Å². The summed E-state index contributed by atoms with van der Waals surface area (Å²) < 4.78 is 7.37. The van der Waals surface area contributed by atoms with Crippen LogP contribution in [0.2, 0.25) is 0 Å². The molecule has 34 heavy (non-hydrogen) atoms. The lowest BCUT2D eigenvalue weighted by Gasteiger charge is -2.28. The van der Waals surface area contributed by atoms with Crippen LogP contribution in [0.25, 0.3) is 10.9 Å². The van der Waals surface area contributed by atoms with Gasteiger partial charge in [-0.1, -0.05) is 30.3 Å². The minimum absolute atomic E-state index is 0.112. The Hall–Kier alpha value is -3.71. The number of fused-ring (bicyclic) bond motifs is 2. The molecule has 5 rings (SSSR count). The van der Waals surface area contributed by atoms with E-state index in [0.717, 1.165) is 47.6 Å². The molecule has 3 heterocycles. The lowest BCUT2D eigenvalue weighted by Crippen LogP contribution is -2.32. The van der Waals surface area contributed by atoms with E-state index >= 15 is 0 Å². The van der Waals surface area contributed by atoms with Crippen LogP contribution in [-0.2, 0) is 26.1 Å². The highest BCUT2D eigenvalue weighted by atomic mass is 16.5. The third-order valence-electron chi connectivity index (χ3n) is 6.37. The lowest BCUT2D eigenvalue weighted by molar-refractivity contribution is 0.0947. The molecule has 0 aliphatic carbocycles. The molecule has 0 unspecified atom stereocenters. The fourth-order valence-corrected chi connectivity index (χ4v) is 4.72. The van der Waals surface area contributed by atoms with E-state index in [9.17, 15) is 4.79 Å². The van der Waals surface area contributed by atoms with Gasteiger partial charge in [-0.15, -0.1) is 0 Å². The quantitative estimate of drug-likeness (QED) is 0.459. The molecule has 0 saturated carbocycles. The van der Waals surface area contributed by atoms with Crippen molar-refractivity contribution in [2.45, 2.75) is 33.0 Å². The van der Waals surface area contributed by atoms with E-state index in [2.05, 4.69) is 39.5 Å². The van der Waals surface area contributed by atoms with Crippen LogP contribution in [0, 0.1) is 0 Å². The number of aromatic nitrogens is 3. The van der Waals surface area contributed by atoms with Crippen molar-refractivity contribution in [2.75, 3.05) is 20.2 Å². The highest BCUT2D eigenvalue weighted by Gasteiger charge is 2.28. The zero-order valence-electron chi connectivity index (χ0n) is 19.6. The van der Waals surface area contributed by atoms with Crippen LogP contribution in [0.1, 0.15) is 39.8 Å². The molecule has 2 aromatic carbocycles. The number of nitrogens with zero attached hydrogens (tertiary/aromatic N) is 4. The maximum absolute atomic E-state index is 12.9. The number of carbonyl (C=O) groups excluding carboxylic acids is 1. The van der Waals surface area contributed by atoms with Crippen molar-refractivity contribution in [2.24, 2.45) is 0 Å². The minimum atomic E-state index is -0.112. The highest BCUT2D eigenvalue weighted by molar-refractivity contribution is 5.94. The second kappa shape index (κ2) is 9.65. The fourth-order valence-electron chi connectivity index (χ4n) is 4.72. The SMILES string of the molecule is CCNC(=O)c1nn(Cc2cccc(OC)c2)c2c1CN(Cc1ccnc3ccccc13)CC2. The van der Waals surface area contributed by atoms with Gasteiger partial charge in [0.05, 0.1) is 19.2 Å². The van der Waals surface area contributed by atoms with Gasteiger partial charge in [0.1, 0.15) is 5.75 Å². The first kappa shape index (κ1) is 22.1. The van der Waals surface area contributed by atoms with Crippen molar-refractivity contribution in [3.05, 3.63) is 88.9 Å².